The Balaban J connectivity index is 1.93. The summed E-state index contributed by atoms with van der Waals surface area (Å²) in [6, 6.07) is 13.2. The van der Waals surface area contributed by atoms with Gasteiger partial charge in [0, 0.05) is 16.6 Å². The lowest BCUT2D eigenvalue weighted by Crippen LogP contribution is -2.16. The van der Waals surface area contributed by atoms with Crippen LogP contribution in [0.4, 0.5) is 5.69 Å². The lowest BCUT2D eigenvalue weighted by Gasteiger charge is -2.13. The molecule has 2 N–H and O–H groups in total. The predicted molar refractivity (Wildman–Crippen MR) is 87.6 cm³/mol. The number of anilines is 1. The zero-order valence-corrected chi connectivity index (χ0v) is 13.4. The van der Waals surface area contributed by atoms with Gasteiger partial charge in [-0.05, 0) is 36.2 Å². The first kappa shape index (κ1) is 14.5. The lowest BCUT2D eigenvalue weighted by molar-refractivity contribution is 0.591. The third-order valence-corrected chi connectivity index (χ3v) is 6.84. The highest BCUT2D eigenvalue weighted by Gasteiger charge is 2.29. The summed E-state index contributed by atoms with van der Waals surface area (Å²) in [6.45, 7) is 1.87. The summed E-state index contributed by atoms with van der Waals surface area (Å²) in [6.07, 6.45) is 0. The first-order valence-electron chi connectivity index (χ1n) is 6.78. The van der Waals surface area contributed by atoms with Crippen molar-refractivity contribution < 1.29 is 8.42 Å². The Labute approximate surface area is 129 Å². The van der Waals surface area contributed by atoms with E-state index in [2.05, 4.69) is 0 Å². The normalized spacial score (nSPS) is 17.7. The molecule has 0 spiro atoms. The summed E-state index contributed by atoms with van der Waals surface area (Å²) in [5.41, 5.74) is 8.24. The van der Waals surface area contributed by atoms with Crippen molar-refractivity contribution in [3.05, 3.63) is 53.6 Å². The third kappa shape index (κ3) is 2.80. The zero-order valence-electron chi connectivity index (χ0n) is 11.7. The molecule has 1 aliphatic heterocycles. The molecule has 0 saturated heterocycles. The summed E-state index contributed by atoms with van der Waals surface area (Å²) < 4.78 is 25.4. The number of rotatable bonds is 3. The molecule has 21 heavy (non-hydrogen) atoms. The average molecular weight is 319 g/mol. The molecule has 0 radical (unpaired) electrons. The third-order valence-electron chi connectivity index (χ3n) is 3.72. The average Bonchev–Trinajstić information content (AvgIpc) is 2.84. The Morgan fingerprint density at radius 3 is 2.81 bits per heavy atom. The van der Waals surface area contributed by atoms with Crippen LogP contribution in [0.25, 0.3) is 0 Å². The van der Waals surface area contributed by atoms with Gasteiger partial charge in [0.05, 0.1) is 16.3 Å². The van der Waals surface area contributed by atoms with Gasteiger partial charge in [-0.25, -0.2) is 8.42 Å². The Kier molecular flexibility index (Phi) is 3.71. The Morgan fingerprint density at radius 2 is 2.00 bits per heavy atom. The smallest absolute Gasteiger partial charge is 0.181 e. The minimum atomic E-state index is -3.38. The van der Waals surface area contributed by atoms with Crippen LogP contribution in [0.3, 0.4) is 0 Å². The number of benzene rings is 2. The lowest BCUT2D eigenvalue weighted by atomic mass is 10.0. The van der Waals surface area contributed by atoms with Gasteiger partial charge in [-0.3, -0.25) is 0 Å². The highest BCUT2D eigenvalue weighted by molar-refractivity contribution is 7.99. The number of hydrogen-bond acceptors (Lipinski definition) is 4. The van der Waals surface area contributed by atoms with E-state index in [1.807, 2.05) is 37.3 Å². The van der Waals surface area contributed by atoms with Gasteiger partial charge >= 0.3 is 0 Å². The monoisotopic (exact) mass is 319 g/mol. The number of aryl methyl sites for hydroxylation is 1. The van der Waals surface area contributed by atoms with Crippen molar-refractivity contribution in [1.82, 2.24) is 0 Å². The first-order valence-corrected chi connectivity index (χ1v) is 9.42. The molecule has 1 atom stereocenters. The molecule has 5 heteroatoms. The molecule has 0 fully saturated rings. The number of fused-ring (bicyclic) bond motifs is 1. The highest BCUT2D eigenvalue weighted by atomic mass is 32.2. The number of nitrogens with two attached hydrogens (primary N) is 1. The fourth-order valence-electron chi connectivity index (χ4n) is 2.63. The molecule has 0 saturated carbocycles. The summed E-state index contributed by atoms with van der Waals surface area (Å²) in [5, 5.41) is 0. The number of thioether (sulfide) groups is 1. The van der Waals surface area contributed by atoms with E-state index in [4.69, 9.17) is 5.73 Å². The predicted octanol–water partition coefficient (Wildman–Crippen LogP) is 3.24. The second-order valence-electron chi connectivity index (χ2n) is 5.37. The van der Waals surface area contributed by atoms with Gasteiger partial charge in [0.15, 0.2) is 9.84 Å². The van der Waals surface area contributed by atoms with Gasteiger partial charge in [0.25, 0.3) is 0 Å². The first-order chi connectivity index (χ1) is 9.97. The van der Waals surface area contributed by atoms with Crippen molar-refractivity contribution in [1.29, 1.82) is 0 Å². The maximum Gasteiger partial charge on any atom is 0.181 e. The summed E-state index contributed by atoms with van der Waals surface area (Å²) in [7, 11) is -3.38. The van der Waals surface area contributed by atoms with E-state index in [1.165, 1.54) is 4.90 Å². The molecule has 2 aromatic carbocycles. The van der Waals surface area contributed by atoms with Crippen LogP contribution in [0.2, 0.25) is 0 Å². The Morgan fingerprint density at radius 1 is 1.24 bits per heavy atom. The number of hydrogen-bond donors (Lipinski definition) is 1. The van der Waals surface area contributed by atoms with E-state index in [0.717, 1.165) is 16.9 Å². The molecule has 3 rings (SSSR count). The van der Waals surface area contributed by atoms with Crippen LogP contribution in [0.1, 0.15) is 17.0 Å². The van der Waals surface area contributed by atoms with Crippen LogP contribution in [-0.4, -0.2) is 19.9 Å². The van der Waals surface area contributed by atoms with Crippen LogP contribution in [0, 0.1) is 6.92 Å². The largest absolute Gasteiger partial charge is 0.398 e. The molecule has 2 aromatic rings. The van der Waals surface area contributed by atoms with Crippen molar-refractivity contribution in [2.24, 2.45) is 0 Å². The van der Waals surface area contributed by atoms with Gasteiger partial charge in [-0.2, -0.15) is 0 Å². The van der Waals surface area contributed by atoms with Crippen molar-refractivity contribution in [3.63, 3.8) is 0 Å². The fraction of sp³-hybridized carbons (Fsp3) is 0.250. The van der Waals surface area contributed by atoms with E-state index in [1.54, 1.807) is 23.9 Å². The molecule has 110 valence electrons. The maximum atomic E-state index is 12.7. The van der Waals surface area contributed by atoms with Gasteiger partial charge in [0.1, 0.15) is 0 Å². The van der Waals surface area contributed by atoms with E-state index < -0.39 is 9.84 Å². The summed E-state index contributed by atoms with van der Waals surface area (Å²) >= 11 is 1.72. The van der Waals surface area contributed by atoms with Crippen LogP contribution in [0.5, 0.6) is 0 Å². The zero-order chi connectivity index (χ0) is 15.0. The molecule has 1 aliphatic rings. The van der Waals surface area contributed by atoms with Crippen molar-refractivity contribution in [2.45, 2.75) is 22.6 Å². The van der Waals surface area contributed by atoms with Gasteiger partial charge < -0.3 is 5.73 Å². The van der Waals surface area contributed by atoms with Crippen LogP contribution in [0.15, 0.2) is 52.3 Å². The van der Waals surface area contributed by atoms with E-state index in [0.29, 0.717) is 5.69 Å². The van der Waals surface area contributed by atoms with Gasteiger partial charge in [-0.15, -0.1) is 11.8 Å². The molecule has 0 amide bonds. The summed E-state index contributed by atoms with van der Waals surface area (Å²) in [4.78, 5) is 1.45. The van der Waals surface area contributed by atoms with Crippen molar-refractivity contribution in [2.75, 3.05) is 17.2 Å². The molecule has 0 aromatic heterocycles. The van der Waals surface area contributed by atoms with Crippen molar-refractivity contribution in [3.8, 4) is 0 Å². The van der Waals surface area contributed by atoms with Crippen LogP contribution < -0.4 is 5.73 Å². The minimum Gasteiger partial charge on any atom is -0.398 e. The standard InChI is InChI=1S/C16H17NO2S2/c1-11-6-7-14(17)16(8-11)21(18,19)10-12-9-20-15-5-3-2-4-13(12)15/h2-8,12H,9-10,17H2,1H3. The summed E-state index contributed by atoms with van der Waals surface area (Å²) in [5.74, 6) is 0.964. The fourth-order valence-corrected chi connectivity index (χ4v) is 5.84. The molecule has 3 nitrogen and oxygen atoms in total. The number of nitrogen functional groups attached to an aromatic ring is 1. The van der Waals surface area contributed by atoms with Crippen molar-refractivity contribution >= 4 is 27.3 Å². The molecular weight excluding hydrogens is 302 g/mol. The minimum absolute atomic E-state index is 0.0381. The van der Waals surface area contributed by atoms with E-state index >= 15 is 0 Å². The Hall–Kier alpha value is -1.46. The van der Waals surface area contributed by atoms with E-state index in [-0.39, 0.29) is 16.6 Å². The second kappa shape index (κ2) is 5.39. The number of sulfone groups is 1. The van der Waals surface area contributed by atoms with Gasteiger partial charge in [0.2, 0.25) is 0 Å². The van der Waals surface area contributed by atoms with Crippen LogP contribution in [-0.2, 0) is 9.84 Å². The van der Waals surface area contributed by atoms with E-state index in [9.17, 15) is 8.42 Å². The molecule has 1 unspecified atom stereocenters. The molecule has 1 heterocycles. The quantitative estimate of drug-likeness (QED) is 0.882. The Bertz CT molecular complexity index is 785. The maximum absolute atomic E-state index is 12.7. The SMILES string of the molecule is Cc1ccc(N)c(S(=O)(=O)CC2CSc3ccccc32)c1. The molecular formula is C16H17NO2S2. The highest BCUT2D eigenvalue weighted by Crippen LogP contribution is 2.40. The molecule has 0 bridgehead atoms. The van der Waals surface area contributed by atoms with Crippen LogP contribution >= 0.6 is 11.8 Å². The van der Waals surface area contributed by atoms with Gasteiger partial charge in [-0.1, -0.05) is 24.3 Å². The second-order valence-corrected chi connectivity index (χ2v) is 8.43. The molecule has 0 aliphatic carbocycles. The topological polar surface area (TPSA) is 60.2 Å².